The van der Waals surface area contributed by atoms with E-state index in [2.05, 4.69) is 0 Å². The van der Waals surface area contributed by atoms with Crippen LogP contribution in [0.2, 0.25) is 0 Å². The van der Waals surface area contributed by atoms with Crippen LogP contribution in [0.4, 0.5) is 5.69 Å². The molecule has 1 aromatic carbocycles. The topological polar surface area (TPSA) is 53.7 Å². The van der Waals surface area contributed by atoms with E-state index in [4.69, 9.17) is 19.9 Å². The number of anilines is 1. The van der Waals surface area contributed by atoms with Gasteiger partial charge in [-0.1, -0.05) is 0 Å². The van der Waals surface area contributed by atoms with Gasteiger partial charge in [0, 0.05) is 11.8 Å². The molecule has 0 saturated carbocycles. The summed E-state index contributed by atoms with van der Waals surface area (Å²) >= 11 is 0. The number of hydrogen-bond acceptors (Lipinski definition) is 4. The summed E-state index contributed by atoms with van der Waals surface area (Å²) in [7, 11) is 1.59. The Hall–Kier alpha value is -1.42. The van der Waals surface area contributed by atoms with Crippen molar-refractivity contribution in [3.05, 3.63) is 18.2 Å². The standard InChI is InChI=1S/C13H21NO3/c1-13(2,3)17-8-7-16-11-6-5-10(14)9-12(11)15-4/h5-6,9H,7-8,14H2,1-4H3. The lowest BCUT2D eigenvalue weighted by atomic mass is 10.2. The summed E-state index contributed by atoms with van der Waals surface area (Å²) in [6.45, 7) is 7.05. The minimum absolute atomic E-state index is 0.144. The first-order valence-electron chi connectivity index (χ1n) is 5.62. The van der Waals surface area contributed by atoms with Crippen LogP contribution in [0.1, 0.15) is 20.8 Å². The second-order valence-corrected chi connectivity index (χ2v) is 4.72. The fourth-order valence-electron chi connectivity index (χ4n) is 1.30. The fraction of sp³-hybridized carbons (Fsp3) is 0.538. The second kappa shape index (κ2) is 5.77. The van der Waals surface area contributed by atoms with Crippen LogP contribution < -0.4 is 15.2 Å². The summed E-state index contributed by atoms with van der Waals surface area (Å²) in [4.78, 5) is 0. The van der Waals surface area contributed by atoms with Crippen molar-refractivity contribution in [1.82, 2.24) is 0 Å². The summed E-state index contributed by atoms with van der Waals surface area (Å²) in [5, 5.41) is 0. The Labute approximate surface area is 103 Å². The van der Waals surface area contributed by atoms with Crippen LogP contribution in [0.25, 0.3) is 0 Å². The molecule has 0 amide bonds. The molecule has 0 fully saturated rings. The van der Waals surface area contributed by atoms with E-state index in [1.54, 1.807) is 25.3 Å². The first kappa shape index (κ1) is 13.6. The van der Waals surface area contributed by atoms with Crippen LogP contribution in [-0.2, 0) is 4.74 Å². The molecular weight excluding hydrogens is 218 g/mol. The molecule has 0 aliphatic carbocycles. The predicted octanol–water partition coefficient (Wildman–Crippen LogP) is 2.47. The molecule has 0 spiro atoms. The maximum Gasteiger partial charge on any atom is 0.162 e. The van der Waals surface area contributed by atoms with E-state index in [1.165, 1.54) is 0 Å². The van der Waals surface area contributed by atoms with Crippen LogP contribution in [0.3, 0.4) is 0 Å². The lowest BCUT2D eigenvalue weighted by Gasteiger charge is -2.19. The van der Waals surface area contributed by atoms with E-state index in [-0.39, 0.29) is 5.60 Å². The van der Waals surface area contributed by atoms with Crippen LogP contribution in [0.15, 0.2) is 18.2 Å². The molecule has 96 valence electrons. The summed E-state index contributed by atoms with van der Waals surface area (Å²) < 4.78 is 16.3. The number of ether oxygens (including phenoxy) is 3. The number of hydrogen-bond donors (Lipinski definition) is 1. The molecule has 1 rings (SSSR count). The highest BCUT2D eigenvalue weighted by Gasteiger charge is 2.10. The monoisotopic (exact) mass is 239 g/mol. The van der Waals surface area contributed by atoms with E-state index in [9.17, 15) is 0 Å². The molecule has 4 nitrogen and oxygen atoms in total. The van der Waals surface area contributed by atoms with Crippen molar-refractivity contribution < 1.29 is 14.2 Å². The number of nitrogens with two attached hydrogens (primary N) is 1. The van der Waals surface area contributed by atoms with Gasteiger partial charge in [0.15, 0.2) is 11.5 Å². The molecule has 0 unspecified atom stereocenters. The number of rotatable bonds is 5. The van der Waals surface area contributed by atoms with Crippen molar-refractivity contribution in [2.24, 2.45) is 0 Å². The van der Waals surface area contributed by atoms with Gasteiger partial charge in [-0.05, 0) is 32.9 Å². The zero-order valence-electron chi connectivity index (χ0n) is 10.9. The van der Waals surface area contributed by atoms with Gasteiger partial charge >= 0.3 is 0 Å². The molecule has 4 heteroatoms. The van der Waals surface area contributed by atoms with E-state index in [0.29, 0.717) is 30.4 Å². The Morgan fingerprint density at radius 3 is 2.41 bits per heavy atom. The molecule has 0 saturated heterocycles. The highest BCUT2D eigenvalue weighted by Crippen LogP contribution is 2.28. The molecule has 0 radical (unpaired) electrons. The van der Waals surface area contributed by atoms with Gasteiger partial charge in [0.05, 0.1) is 19.3 Å². The predicted molar refractivity (Wildman–Crippen MR) is 68.6 cm³/mol. The Bertz CT molecular complexity index is 358. The molecule has 0 heterocycles. The average Bonchev–Trinajstić information content (AvgIpc) is 2.24. The van der Waals surface area contributed by atoms with E-state index in [0.717, 1.165) is 0 Å². The van der Waals surface area contributed by atoms with E-state index < -0.39 is 0 Å². The number of nitrogen functional groups attached to an aromatic ring is 1. The van der Waals surface area contributed by atoms with Crippen molar-refractivity contribution in [2.75, 3.05) is 26.1 Å². The van der Waals surface area contributed by atoms with Gasteiger partial charge in [-0.3, -0.25) is 0 Å². The van der Waals surface area contributed by atoms with Crippen molar-refractivity contribution >= 4 is 5.69 Å². The van der Waals surface area contributed by atoms with Crippen LogP contribution in [0.5, 0.6) is 11.5 Å². The first-order chi connectivity index (χ1) is 7.92. The molecule has 0 aliphatic rings. The van der Waals surface area contributed by atoms with Crippen molar-refractivity contribution in [3.63, 3.8) is 0 Å². The smallest absolute Gasteiger partial charge is 0.162 e. The van der Waals surface area contributed by atoms with Gasteiger partial charge in [0.1, 0.15) is 6.61 Å². The minimum Gasteiger partial charge on any atom is -0.493 e. The van der Waals surface area contributed by atoms with E-state index in [1.807, 2.05) is 20.8 Å². The quantitative estimate of drug-likeness (QED) is 0.633. The molecule has 1 aromatic rings. The maximum atomic E-state index is 5.65. The summed E-state index contributed by atoms with van der Waals surface area (Å²) in [5.41, 5.74) is 6.16. The SMILES string of the molecule is COc1cc(N)ccc1OCCOC(C)(C)C. The van der Waals surface area contributed by atoms with Crippen molar-refractivity contribution in [3.8, 4) is 11.5 Å². The molecule has 0 atom stereocenters. The second-order valence-electron chi connectivity index (χ2n) is 4.72. The highest BCUT2D eigenvalue weighted by molar-refractivity contribution is 5.51. The zero-order valence-corrected chi connectivity index (χ0v) is 10.9. The van der Waals surface area contributed by atoms with Crippen LogP contribution in [0, 0.1) is 0 Å². The van der Waals surface area contributed by atoms with Crippen LogP contribution >= 0.6 is 0 Å². The van der Waals surface area contributed by atoms with Gasteiger partial charge in [0.25, 0.3) is 0 Å². The van der Waals surface area contributed by atoms with Crippen LogP contribution in [-0.4, -0.2) is 25.9 Å². The average molecular weight is 239 g/mol. The van der Waals surface area contributed by atoms with Crippen molar-refractivity contribution in [2.45, 2.75) is 26.4 Å². The third-order valence-electron chi connectivity index (χ3n) is 2.06. The fourth-order valence-corrected chi connectivity index (χ4v) is 1.30. The molecule has 0 aromatic heterocycles. The Balaban J connectivity index is 2.46. The third kappa shape index (κ3) is 4.95. The minimum atomic E-state index is -0.144. The molecule has 0 aliphatic heterocycles. The van der Waals surface area contributed by atoms with E-state index >= 15 is 0 Å². The zero-order chi connectivity index (χ0) is 12.9. The third-order valence-corrected chi connectivity index (χ3v) is 2.06. The first-order valence-corrected chi connectivity index (χ1v) is 5.62. The Morgan fingerprint density at radius 2 is 1.82 bits per heavy atom. The van der Waals surface area contributed by atoms with Crippen molar-refractivity contribution in [1.29, 1.82) is 0 Å². The lowest BCUT2D eigenvalue weighted by Crippen LogP contribution is -2.22. The molecular formula is C13H21NO3. The highest BCUT2D eigenvalue weighted by atomic mass is 16.5. The van der Waals surface area contributed by atoms with Gasteiger partial charge in [0.2, 0.25) is 0 Å². The largest absolute Gasteiger partial charge is 0.493 e. The molecule has 17 heavy (non-hydrogen) atoms. The van der Waals surface area contributed by atoms with Gasteiger partial charge in [-0.2, -0.15) is 0 Å². The molecule has 0 bridgehead atoms. The summed E-state index contributed by atoms with van der Waals surface area (Å²) in [6, 6.07) is 5.31. The Kier molecular flexibility index (Phi) is 4.63. The number of methoxy groups -OCH3 is 1. The van der Waals surface area contributed by atoms with Gasteiger partial charge < -0.3 is 19.9 Å². The normalized spacial score (nSPS) is 11.3. The summed E-state index contributed by atoms with van der Waals surface area (Å²) in [6.07, 6.45) is 0. The lowest BCUT2D eigenvalue weighted by molar-refractivity contribution is -0.0165. The van der Waals surface area contributed by atoms with Gasteiger partial charge in [-0.15, -0.1) is 0 Å². The Morgan fingerprint density at radius 1 is 1.12 bits per heavy atom. The summed E-state index contributed by atoms with van der Waals surface area (Å²) in [5.74, 6) is 1.32. The molecule has 2 N–H and O–H groups in total. The van der Waals surface area contributed by atoms with Gasteiger partial charge in [-0.25, -0.2) is 0 Å². The number of benzene rings is 1. The maximum absolute atomic E-state index is 5.65.